The van der Waals surface area contributed by atoms with Crippen LogP contribution in [-0.4, -0.2) is 56.5 Å². The maximum atomic E-state index is 9.66. The first-order valence-electron chi connectivity index (χ1n) is 5.65. The van der Waals surface area contributed by atoms with Gasteiger partial charge in [0.1, 0.15) is 12.6 Å². The van der Waals surface area contributed by atoms with Gasteiger partial charge in [-0.3, -0.25) is 0 Å². The molecule has 0 aromatic carbocycles. The molecule has 0 saturated carbocycles. The summed E-state index contributed by atoms with van der Waals surface area (Å²) in [6, 6.07) is 0. The molecular weight excluding hydrogens is 176 g/mol. The second-order valence-electron chi connectivity index (χ2n) is 5.04. The van der Waals surface area contributed by atoms with Crippen molar-refractivity contribution >= 4 is 0 Å². The number of aliphatic hydroxyl groups excluding tert-OH is 1. The molecule has 0 aromatic heterocycles. The first-order valence-corrected chi connectivity index (χ1v) is 5.65. The van der Waals surface area contributed by atoms with Crippen LogP contribution < -0.4 is 5.32 Å². The van der Waals surface area contributed by atoms with Gasteiger partial charge in [0.15, 0.2) is 0 Å². The molecule has 0 aliphatic rings. The summed E-state index contributed by atoms with van der Waals surface area (Å²) in [5, 5.41) is 12.9. The van der Waals surface area contributed by atoms with Gasteiger partial charge in [0.2, 0.25) is 0 Å². The van der Waals surface area contributed by atoms with Gasteiger partial charge < -0.3 is 14.9 Å². The fraction of sp³-hybridized carbons (Fsp3) is 1.00. The summed E-state index contributed by atoms with van der Waals surface area (Å²) >= 11 is 0. The molecule has 3 nitrogen and oxygen atoms in total. The van der Waals surface area contributed by atoms with E-state index in [4.69, 9.17) is 0 Å². The van der Waals surface area contributed by atoms with E-state index in [2.05, 4.69) is 33.4 Å². The van der Waals surface area contributed by atoms with Crippen molar-refractivity contribution in [2.24, 2.45) is 0 Å². The monoisotopic (exact) mass is 203 g/mol. The molecule has 0 spiro atoms. The normalized spacial score (nSPS) is 14.4. The van der Waals surface area contributed by atoms with E-state index >= 15 is 0 Å². The van der Waals surface area contributed by atoms with Crippen molar-refractivity contribution in [2.75, 3.05) is 40.8 Å². The number of hydrogen-bond acceptors (Lipinski definition) is 2. The van der Waals surface area contributed by atoms with Crippen molar-refractivity contribution in [2.45, 2.75) is 32.3 Å². The summed E-state index contributed by atoms with van der Waals surface area (Å²) in [6.45, 7) is 4.76. The third-order valence-corrected chi connectivity index (χ3v) is 2.10. The van der Waals surface area contributed by atoms with Crippen molar-refractivity contribution < 1.29 is 9.59 Å². The molecule has 1 atom stereocenters. The highest BCUT2D eigenvalue weighted by Crippen LogP contribution is 1.95. The average Bonchev–Trinajstić information content (AvgIpc) is 2.00. The molecule has 0 fully saturated rings. The maximum absolute atomic E-state index is 9.66. The van der Waals surface area contributed by atoms with Crippen LogP contribution >= 0.6 is 0 Å². The number of aliphatic hydroxyl groups is 1. The maximum Gasteiger partial charge on any atom is 0.115 e. The van der Waals surface area contributed by atoms with Gasteiger partial charge in [-0.15, -0.1) is 0 Å². The van der Waals surface area contributed by atoms with E-state index in [1.807, 2.05) is 0 Å². The lowest BCUT2D eigenvalue weighted by atomic mass is 10.2. The average molecular weight is 203 g/mol. The molecule has 86 valence electrons. The summed E-state index contributed by atoms with van der Waals surface area (Å²) in [7, 11) is 6.29. The molecule has 0 aromatic rings. The van der Waals surface area contributed by atoms with Gasteiger partial charge in [-0.2, -0.15) is 0 Å². The van der Waals surface area contributed by atoms with Crippen LogP contribution in [0.25, 0.3) is 0 Å². The Morgan fingerprint density at radius 1 is 1.21 bits per heavy atom. The van der Waals surface area contributed by atoms with Crippen molar-refractivity contribution in [1.82, 2.24) is 5.32 Å². The lowest BCUT2D eigenvalue weighted by Gasteiger charge is -2.26. The van der Waals surface area contributed by atoms with Gasteiger partial charge >= 0.3 is 0 Å². The Morgan fingerprint density at radius 3 is 2.36 bits per heavy atom. The molecule has 0 saturated heterocycles. The van der Waals surface area contributed by atoms with Crippen LogP contribution in [0, 0.1) is 0 Å². The minimum Gasteiger partial charge on any atom is -0.386 e. The minimum atomic E-state index is -0.225. The van der Waals surface area contributed by atoms with E-state index in [0.29, 0.717) is 0 Å². The van der Waals surface area contributed by atoms with Crippen LogP contribution in [0.1, 0.15) is 26.2 Å². The van der Waals surface area contributed by atoms with E-state index in [9.17, 15) is 5.11 Å². The van der Waals surface area contributed by atoms with Gasteiger partial charge in [-0.05, 0) is 13.0 Å². The molecule has 0 bridgehead atoms. The van der Waals surface area contributed by atoms with Crippen LogP contribution in [0.4, 0.5) is 0 Å². The number of quaternary nitrogens is 1. The predicted octanol–water partition coefficient (Wildman–Crippen LogP) is 0.833. The van der Waals surface area contributed by atoms with Crippen LogP contribution in [0.5, 0.6) is 0 Å². The Hall–Kier alpha value is -0.120. The van der Waals surface area contributed by atoms with E-state index in [1.54, 1.807) is 0 Å². The van der Waals surface area contributed by atoms with Crippen LogP contribution in [0.3, 0.4) is 0 Å². The number of nitrogens with zero attached hydrogens (tertiary/aromatic N) is 1. The molecule has 0 aliphatic heterocycles. The van der Waals surface area contributed by atoms with Gasteiger partial charge in [-0.25, -0.2) is 0 Å². The van der Waals surface area contributed by atoms with Crippen LogP contribution in [-0.2, 0) is 0 Å². The first kappa shape index (κ1) is 13.9. The molecule has 14 heavy (non-hydrogen) atoms. The Balaban J connectivity index is 3.31. The molecule has 0 radical (unpaired) electrons. The zero-order valence-electron chi connectivity index (χ0n) is 10.2. The minimum absolute atomic E-state index is 0.225. The SMILES string of the molecule is CCCCCNC[C@@H](O)C[N+](C)(C)C. The number of nitrogens with one attached hydrogen (secondary N) is 1. The summed E-state index contributed by atoms with van der Waals surface area (Å²) in [5.74, 6) is 0. The highest BCUT2D eigenvalue weighted by atomic mass is 16.3. The molecule has 3 heteroatoms. The molecule has 0 unspecified atom stereocenters. The third kappa shape index (κ3) is 9.96. The third-order valence-electron chi connectivity index (χ3n) is 2.10. The standard InChI is InChI=1S/C11H27N2O/c1-5-6-7-8-12-9-11(14)10-13(2,3)4/h11-12,14H,5-10H2,1-4H3/q+1/t11-/m1/s1. The van der Waals surface area contributed by atoms with Crippen LogP contribution in [0.15, 0.2) is 0 Å². The van der Waals surface area contributed by atoms with Gasteiger partial charge in [-0.1, -0.05) is 19.8 Å². The summed E-state index contributed by atoms with van der Waals surface area (Å²) in [5.41, 5.74) is 0. The summed E-state index contributed by atoms with van der Waals surface area (Å²) < 4.78 is 0.817. The Labute approximate surface area is 88.7 Å². The first-order chi connectivity index (χ1) is 6.45. The predicted molar refractivity (Wildman–Crippen MR) is 61.3 cm³/mol. The Morgan fingerprint density at radius 2 is 1.86 bits per heavy atom. The molecule has 0 aliphatic carbocycles. The van der Waals surface area contributed by atoms with E-state index < -0.39 is 0 Å². The van der Waals surface area contributed by atoms with Crippen LogP contribution in [0.2, 0.25) is 0 Å². The lowest BCUT2D eigenvalue weighted by molar-refractivity contribution is -0.873. The highest BCUT2D eigenvalue weighted by Gasteiger charge is 2.14. The smallest absolute Gasteiger partial charge is 0.115 e. The second kappa shape index (κ2) is 7.21. The number of hydrogen-bond donors (Lipinski definition) is 2. The molecule has 0 rings (SSSR count). The van der Waals surface area contributed by atoms with E-state index in [-0.39, 0.29) is 6.10 Å². The van der Waals surface area contributed by atoms with Crippen molar-refractivity contribution in [3.63, 3.8) is 0 Å². The van der Waals surface area contributed by atoms with Gasteiger partial charge in [0.05, 0.1) is 21.1 Å². The zero-order chi connectivity index (χ0) is 11.0. The summed E-state index contributed by atoms with van der Waals surface area (Å²) in [4.78, 5) is 0. The molecule has 2 N–H and O–H groups in total. The molecule has 0 heterocycles. The topological polar surface area (TPSA) is 32.3 Å². The fourth-order valence-corrected chi connectivity index (χ4v) is 1.47. The number of rotatable bonds is 8. The molecule has 0 amide bonds. The van der Waals surface area contributed by atoms with E-state index in [0.717, 1.165) is 24.1 Å². The summed E-state index contributed by atoms with van der Waals surface area (Å²) in [6.07, 6.45) is 3.52. The van der Waals surface area contributed by atoms with Crippen molar-refractivity contribution in [3.05, 3.63) is 0 Å². The second-order valence-corrected chi connectivity index (χ2v) is 5.04. The van der Waals surface area contributed by atoms with Crippen molar-refractivity contribution in [1.29, 1.82) is 0 Å². The zero-order valence-corrected chi connectivity index (χ0v) is 10.2. The number of likely N-dealkylation sites (N-methyl/N-ethyl adjacent to an activating group) is 1. The number of unbranched alkanes of at least 4 members (excludes halogenated alkanes) is 2. The lowest BCUT2D eigenvalue weighted by Crippen LogP contribution is -2.45. The van der Waals surface area contributed by atoms with Gasteiger partial charge in [0.25, 0.3) is 0 Å². The Kier molecular flexibility index (Phi) is 7.15. The largest absolute Gasteiger partial charge is 0.386 e. The quantitative estimate of drug-likeness (QED) is 0.452. The fourth-order valence-electron chi connectivity index (χ4n) is 1.47. The van der Waals surface area contributed by atoms with Crippen molar-refractivity contribution in [3.8, 4) is 0 Å². The Bertz CT molecular complexity index is 132. The van der Waals surface area contributed by atoms with E-state index in [1.165, 1.54) is 19.3 Å². The highest BCUT2D eigenvalue weighted by molar-refractivity contribution is 4.58. The molecular formula is C11H27N2O+. The van der Waals surface area contributed by atoms with Gasteiger partial charge in [0, 0.05) is 6.54 Å².